The van der Waals surface area contributed by atoms with Gasteiger partial charge in [0.2, 0.25) is 0 Å². The molecule has 2 heterocycles. The Kier molecular flexibility index (Phi) is 6.18. The van der Waals surface area contributed by atoms with Crippen LogP contribution in [0.4, 0.5) is 17.6 Å². The molecule has 0 N–H and O–H groups in total. The highest BCUT2D eigenvalue weighted by Crippen LogP contribution is 2.31. The minimum absolute atomic E-state index is 0.109. The molecule has 0 aliphatic heterocycles. The number of hydrogen-bond acceptors (Lipinski definition) is 4. The van der Waals surface area contributed by atoms with Gasteiger partial charge in [-0.15, -0.1) is 0 Å². The number of ketones is 1. The van der Waals surface area contributed by atoms with Crippen molar-refractivity contribution in [1.29, 1.82) is 0 Å². The van der Waals surface area contributed by atoms with Crippen molar-refractivity contribution in [3.8, 4) is 11.3 Å². The third kappa shape index (κ3) is 4.79. The average Bonchev–Trinajstić information content (AvgIpc) is 3.35. The van der Waals surface area contributed by atoms with Crippen LogP contribution < -0.4 is 0 Å². The van der Waals surface area contributed by atoms with Crippen LogP contribution in [-0.4, -0.2) is 20.7 Å². The quantitative estimate of drug-likeness (QED) is 0.236. The Balaban J connectivity index is 1.42. The van der Waals surface area contributed by atoms with Crippen LogP contribution >= 0.6 is 0 Å². The molecule has 0 spiro atoms. The highest BCUT2D eigenvalue weighted by atomic mass is 19.4. The van der Waals surface area contributed by atoms with Crippen LogP contribution in [0.2, 0.25) is 0 Å². The Morgan fingerprint density at radius 1 is 0.972 bits per heavy atom. The second kappa shape index (κ2) is 9.45. The van der Waals surface area contributed by atoms with E-state index in [0.717, 1.165) is 46.8 Å². The van der Waals surface area contributed by atoms with Gasteiger partial charge in [0.05, 0.1) is 22.6 Å². The molecule has 0 saturated carbocycles. The van der Waals surface area contributed by atoms with E-state index in [1.807, 2.05) is 24.3 Å². The van der Waals surface area contributed by atoms with Gasteiger partial charge in [-0.25, -0.2) is 14.4 Å². The SMILES string of the molecule is O=C(Cc1cc(Cc2ncccc2-c2ncnc3c2C=CC3)ccc1F)c1cccc(C(F)(F)F)c1. The van der Waals surface area contributed by atoms with E-state index in [1.165, 1.54) is 24.5 Å². The third-order valence-electron chi connectivity index (χ3n) is 6.05. The zero-order chi connectivity index (χ0) is 25.3. The Hall–Kier alpha value is -4.20. The largest absolute Gasteiger partial charge is 0.416 e. The van der Waals surface area contributed by atoms with Crippen molar-refractivity contribution in [2.75, 3.05) is 0 Å². The summed E-state index contributed by atoms with van der Waals surface area (Å²) < 4.78 is 53.6. The van der Waals surface area contributed by atoms with Crippen LogP contribution in [0.5, 0.6) is 0 Å². The maximum atomic E-state index is 14.6. The lowest BCUT2D eigenvalue weighted by molar-refractivity contribution is -0.137. The first-order valence-corrected chi connectivity index (χ1v) is 11.2. The maximum Gasteiger partial charge on any atom is 0.416 e. The van der Waals surface area contributed by atoms with Crippen LogP contribution in [0.15, 0.2) is 73.2 Å². The summed E-state index contributed by atoms with van der Waals surface area (Å²) in [6.45, 7) is 0. The summed E-state index contributed by atoms with van der Waals surface area (Å²) in [6, 6.07) is 12.3. The van der Waals surface area contributed by atoms with Gasteiger partial charge >= 0.3 is 6.18 Å². The summed E-state index contributed by atoms with van der Waals surface area (Å²) >= 11 is 0. The predicted molar refractivity (Wildman–Crippen MR) is 127 cm³/mol. The molecule has 1 aliphatic carbocycles. The summed E-state index contributed by atoms with van der Waals surface area (Å²) in [6.07, 6.45) is 3.35. The van der Waals surface area contributed by atoms with E-state index in [-0.39, 0.29) is 17.5 Å². The number of carbonyl (C=O) groups excluding carboxylic acids is 1. The van der Waals surface area contributed by atoms with Gasteiger partial charge in [0, 0.05) is 42.1 Å². The molecule has 2 aromatic heterocycles. The summed E-state index contributed by atoms with van der Waals surface area (Å²) in [5, 5.41) is 0. The van der Waals surface area contributed by atoms with Crippen molar-refractivity contribution in [2.45, 2.75) is 25.4 Å². The Morgan fingerprint density at radius 3 is 2.67 bits per heavy atom. The predicted octanol–water partition coefficient (Wildman–Crippen LogP) is 6.28. The lowest BCUT2D eigenvalue weighted by Gasteiger charge is -2.12. The molecule has 0 saturated heterocycles. The molecule has 180 valence electrons. The zero-order valence-electron chi connectivity index (χ0n) is 18.9. The molecule has 1 aliphatic rings. The molecule has 0 unspecified atom stereocenters. The molecule has 0 bridgehead atoms. The minimum atomic E-state index is -4.57. The number of carbonyl (C=O) groups is 1. The van der Waals surface area contributed by atoms with Gasteiger partial charge in [-0.05, 0) is 41.5 Å². The molecular formula is C28H19F4N3O. The zero-order valence-corrected chi connectivity index (χ0v) is 18.9. The number of aromatic nitrogens is 3. The van der Waals surface area contributed by atoms with Gasteiger partial charge in [-0.3, -0.25) is 9.78 Å². The number of rotatable bonds is 6. The molecule has 36 heavy (non-hydrogen) atoms. The van der Waals surface area contributed by atoms with E-state index in [1.54, 1.807) is 18.3 Å². The van der Waals surface area contributed by atoms with E-state index >= 15 is 0 Å². The van der Waals surface area contributed by atoms with E-state index in [4.69, 9.17) is 0 Å². The van der Waals surface area contributed by atoms with Crippen molar-refractivity contribution < 1.29 is 22.4 Å². The summed E-state index contributed by atoms with van der Waals surface area (Å²) in [5.74, 6) is -1.20. The monoisotopic (exact) mass is 489 g/mol. The van der Waals surface area contributed by atoms with Gasteiger partial charge in [-0.2, -0.15) is 13.2 Å². The number of alkyl halides is 3. The second-order valence-corrected chi connectivity index (χ2v) is 8.47. The molecule has 0 fully saturated rings. The first-order chi connectivity index (χ1) is 17.3. The van der Waals surface area contributed by atoms with Crippen LogP contribution in [0.1, 0.15) is 44.0 Å². The second-order valence-electron chi connectivity index (χ2n) is 8.47. The van der Waals surface area contributed by atoms with E-state index in [0.29, 0.717) is 12.0 Å². The van der Waals surface area contributed by atoms with Gasteiger partial charge in [0.1, 0.15) is 12.1 Å². The molecule has 0 amide bonds. The first-order valence-electron chi connectivity index (χ1n) is 11.2. The highest BCUT2D eigenvalue weighted by molar-refractivity contribution is 5.97. The number of allylic oxidation sites excluding steroid dienone is 1. The fourth-order valence-corrected chi connectivity index (χ4v) is 4.28. The van der Waals surface area contributed by atoms with Crippen molar-refractivity contribution in [1.82, 2.24) is 15.0 Å². The topological polar surface area (TPSA) is 55.7 Å². The number of benzene rings is 2. The van der Waals surface area contributed by atoms with Crippen LogP contribution in [0.3, 0.4) is 0 Å². The van der Waals surface area contributed by atoms with Gasteiger partial charge in [0.25, 0.3) is 0 Å². The summed E-state index contributed by atoms with van der Waals surface area (Å²) in [7, 11) is 0. The molecule has 0 atom stereocenters. The van der Waals surface area contributed by atoms with Crippen LogP contribution in [0.25, 0.3) is 17.3 Å². The summed E-state index contributed by atoms with van der Waals surface area (Å²) in [5.41, 5.74) is 3.98. The van der Waals surface area contributed by atoms with E-state index in [9.17, 15) is 22.4 Å². The molecule has 5 rings (SSSR count). The third-order valence-corrected chi connectivity index (χ3v) is 6.05. The van der Waals surface area contributed by atoms with Crippen molar-refractivity contribution in [2.24, 2.45) is 0 Å². The molecule has 8 heteroatoms. The highest BCUT2D eigenvalue weighted by Gasteiger charge is 2.31. The number of pyridine rings is 1. The first kappa shape index (κ1) is 23.5. The number of hydrogen-bond donors (Lipinski definition) is 0. The average molecular weight is 489 g/mol. The van der Waals surface area contributed by atoms with E-state index in [2.05, 4.69) is 15.0 Å². The van der Waals surface area contributed by atoms with Gasteiger partial charge in [0.15, 0.2) is 5.78 Å². The smallest absolute Gasteiger partial charge is 0.294 e. The molecule has 4 aromatic rings. The van der Waals surface area contributed by atoms with Crippen LogP contribution in [0, 0.1) is 5.82 Å². The number of fused-ring (bicyclic) bond motifs is 1. The fourth-order valence-electron chi connectivity index (χ4n) is 4.28. The molecule has 4 nitrogen and oxygen atoms in total. The van der Waals surface area contributed by atoms with Crippen molar-refractivity contribution >= 4 is 11.9 Å². The standard InChI is InChI=1S/C28H19F4N3O/c29-23-10-9-17(12-19(23)15-26(36)18-4-1-5-20(14-18)28(30,31)32)13-25-22(7-3-11-33-25)27-21-6-2-8-24(21)34-16-35-27/h1-7,9-12,14,16H,8,13,15H2. The molecular weight excluding hydrogens is 470 g/mol. The Bertz CT molecular complexity index is 1490. The lowest BCUT2D eigenvalue weighted by Crippen LogP contribution is -2.10. The lowest BCUT2D eigenvalue weighted by atomic mass is 9.96. The van der Waals surface area contributed by atoms with Crippen LogP contribution in [-0.2, 0) is 25.4 Å². The van der Waals surface area contributed by atoms with Gasteiger partial charge in [-0.1, -0.05) is 36.4 Å². The molecule has 2 aromatic carbocycles. The maximum absolute atomic E-state index is 14.6. The number of nitrogens with zero attached hydrogens (tertiary/aromatic N) is 3. The minimum Gasteiger partial charge on any atom is -0.294 e. The Morgan fingerprint density at radius 2 is 1.83 bits per heavy atom. The molecule has 0 radical (unpaired) electrons. The normalized spacial score (nSPS) is 12.6. The fraction of sp³-hybridized carbons (Fsp3) is 0.143. The van der Waals surface area contributed by atoms with Crippen molar-refractivity contribution in [3.05, 3.63) is 118 Å². The number of halogens is 4. The van der Waals surface area contributed by atoms with Gasteiger partial charge < -0.3 is 0 Å². The van der Waals surface area contributed by atoms with Crippen molar-refractivity contribution in [3.63, 3.8) is 0 Å². The number of Topliss-reactive ketones (excluding diaryl/α,β-unsaturated/α-hetero) is 1. The van der Waals surface area contributed by atoms with E-state index < -0.39 is 23.3 Å². The Labute approximate surface area is 204 Å². The summed E-state index contributed by atoms with van der Waals surface area (Å²) in [4.78, 5) is 26.0.